The summed E-state index contributed by atoms with van der Waals surface area (Å²) in [6.45, 7) is 1.06. The molecule has 0 aliphatic carbocycles. The molecular formula is C20H20N2O. The summed E-state index contributed by atoms with van der Waals surface area (Å²) in [5.41, 5.74) is 4.54. The topological polar surface area (TPSA) is 23.6 Å². The van der Waals surface area contributed by atoms with Crippen LogP contribution < -0.4 is 9.80 Å². The number of carbonyl (C=O) groups is 1. The predicted octanol–water partition coefficient (Wildman–Crippen LogP) is 3.13. The van der Waals surface area contributed by atoms with Gasteiger partial charge < -0.3 is 9.80 Å². The fourth-order valence-corrected chi connectivity index (χ4v) is 5.09. The second kappa shape index (κ2) is 4.38. The van der Waals surface area contributed by atoms with Gasteiger partial charge in [-0.1, -0.05) is 36.4 Å². The lowest BCUT2D eigenvalue weighted by Crippen LogP contribution is -2.57. The van der Waals surface area contributed by atoms with Gasteiger partial charge in [0.1, 0.15) is 5.41 Å². The molecular weight excluding hydrogens is 284 g/mol. The van der Waals surface area contributed by atoms with Crippen LogP contribution in [0.5, 0.6) is 0 Å². The summed E-state index contributed by atoms with van der Waals surface area (Å²) < 4.78 is 0. The van der Waals surface area contributed by atoms with E-state index in [4.69, 9.17) is 0 Å². The lowest BCUT2D eigenvalue weighted by Gasteiger charge is -2.45. The molecule has 2 unspecified atom stereocenters. The van der Waals surface area contributed by atoms with Gasteiger partial charge in [0.15, 0.2) is 0 Å². The largest absolute Gasteiger partial charge is 0.367 e. The highest BCUT2D eigenvalue weighted by Gasteiger charge is 2.59. The first-order valence-corrected chi connectivity index (χ1v) is 8.46. The number of fused-ring (bicyclic) bond motifs is 6. The van der Waals surface area contributed by atoms with Gasteiger partial charge >= 0.3 is 0 Å². The van der Waals surface area contributed by atoms with Crippen molar-refractivity contribution in [2.24, 2.45) is 0 Å². The van der Waals surface area contributed by atoms with E-state index < -0.39 is 5.41 Å². The monoisotopic (exact) mass is 304 g/mol. The van der Waals surface area contributed by atoms with E-state index in [1.54, 1.807) is 0 Å². The van der Waals surface area contributed by atoms with Crippen LogP contribution in [0.25, 0.3) is 0 Å². The number of rotatable bonds is 0. The molecule has 1 fully saturated rings. The second-order valence-electron chi connectivity index (χ2n) is 7.01. The third kappa shape index (κ3) is 1.48. The highest BCUT2D eigenvalue weighted by atomic mass is 16.2. The first-order valence-electron chi connectivity index (χ1n) is 8.46. The lowest BCUT2D eigenvalue weighted by molar-refractivity contribution is -0.123. The highest BCUT2D eigenvalue weighted by molar-refractivity contribution is 6.09. The summed E-state index contributed by atoms with van der Waals surface area (Å²) in [7, 11) is 1.93. The molecule has 3 nitrogen and oxygen atoms in total. The molecule has 2 aromatic rings. The minimum absolute atomic E-state index is 0.269. The number of nitrogens with zero attached hydrogens (tertiary/aromatic N) is 2. The van der Waals surface area contributed by atoms with Crippen LogP contribution >= 0.6 is 0 Å². The van der Waals surface area contributed by atoms with Gasteiger partial charge in [0.2, 0.25) is 5.91 Å². The SMILES string of the molecule is CN1C(=O)C2(Cc3ccccc3N3CCCC32)c2ccccc21. The van der Waals surface area contributed by atoms with Gasteiger partial charge in [-0.2, -0.15) is 0 Å². The minimum Gasteiger partial charge on any atom is -0.367 e. The van der Waals surface area contributed by atoms with E-state index in [2.05, 4.69) is 47.4 Å². The number of benzene rings is 2. The normalized spacial score (nSPS) is 28.0. The molecule has 0 bridgehead atoms. The molecule has 3 aliphatic rings. The molecule has 0 aromatic heterocycles. The smallest absolute Gasteiger partial charge is 0.239 e. The predicted molar refractivity (Wildman–Crippen MR) is 92.0 cm³/mol. The van der Waals surface area contributed by atoms with Gasteiger partial charge in [-0.25, -0.2) is 0 Å². The molecule has 3 aliphatic heterocycles. The Morgan fingerprint density at radius 3 is 2.65 bits per heavy atom. The lowest BCUT2D eigenvalue weighted by atomic mass is 9.67. The number of para-hydroxylation sites is 2. The van der Waals surface area contributed by atoms with Crippen molar-refractivity contribution in [2.75, 3.05) is 23.4 Å². The summed E-state index contributed by atoms with van der Waals surface area (Å²) >= 11 is 0. The molecule has 0 radical (unpaired) electrons. The summed E-state index contributed by atoms with van der Waals surface area (Å²) in [6, 6.07) is 17.3. The number of anilines is 2. The highest BCUT2D eigenvalue weighted by Crippen LogP contribution is 2.53. The van der Waals surface area contributed by atoms with E-state index in [1.165, 1.54) is 23.2 Å². The van der Waals surface area contributed by atoms with Crippen molar-refractivity contribution in [3.63, 3.8) is 0 Å². The maximum Gasteiger partial charge on any atom is 0.239 e. The Morgan fingerprint density at radius 1 is 1.04 bits per heavy atom. The van der Waals surface area contributed by atoms with Crippen molar-refractivity contribution in [1.82, 2.24) is 0 Å². The summed E-state index contributed by atoms with van der Waals surface area (Å²) in [5.74, 6) is 0.269. The van der Waals surface area contributed by atoms with E-state index in [1.807, 2.05) is 18.0 Å². The van der Waals surface area contributed by atoms with Gasteiger partial charge in [0.05, 0.1) is 0 Å². The molecule has 1 amide bonds. The van der Waals surface area contributed by atoms with Crippen molar-refractivity contribution >= 4 is 17.3 Å². The van der Waals surface area contributed by atoms with Gasteiger partial charge in [-0.05, 0) is 42.5 Å². The Morgan fingerprint density at radius 2 is 1.78 bits per heavy atom. The Labute approximate surface area is 136 Å². The standard InChI is InChI=1S/C20H20N2O/c1-21-17-10-5-3-8-15(17)20(19(21)23)13-14-7-2-4-9-16(14)22-12-6-11-18(20)22/h2-5,7-10,18H,6,11-13H2,1H3. The zero-order chi connectivity index (χ0) is 15.6. The van der Waals surface area contributed by atoms with E-state index >= 15 is 0 Å². The number of hydrogen-bond acceptors (Lipinski definition) is 2. The van der Waals surface area contributed by atoms with Crippen LogP contribution in [-0.4, -0.2) is 25.5 Å². The van der Waals surface area contributed by atoms with Crippen molar-refractivity contribution in [2.45, 2.75) is 30.7 Å². The van der Waals surface area contributed by atoms with Crippen LogP contribution in [0.4, 0.5) is 11.4 Å². The van der Waals surface area contributed by atoms with Crippen LogP contribution in [0, 0.1) is 0 Å². The first-order chi connectivity index (χ1) is 11.2. The molecule has 23 heavy (non-hydrogen) atoms. The Kier molecular flexibility index (Phi) is 2.51. The zero-order valence-corrected chi connectivity index (χ0v) is 13.3. The molecule has 3 heteroatoms. The van der Waals surface area contributed by atoms with E-state index in [9.17, 15) is 4.79 Å². The van der Waals surface area contributed by atoms with Crippen molar-refractivity contribution in [3.8, 4) is 0 Å². The van der Waals surface area contributed by atoms with E-state index in [0.717, 1.165) is 25.1 Å². The molecule has 116 valence electrons. The molecule has 0 saturated carbocycles. The minimum atomic E-state index is -0.407. The molecule has 5 rings (SSSR count). The van der Waals surface area contributed by atoms with E-state index in [-0.39, 0.29) is 11.9 Å². The number of likely N-dealkylation sites (N-methyl/N-ethyl adjacent to an activating group) is 1. The maximum absolute atomic E-state index is 13.4. The third-order valence-corrected chi connectivity index (χ3v) is 6.02. The molecule has 1 saturated heterocycles. The van der Waals surface area contributed by atoms with Crippen LogP contribution in [0.3, 0.4) is 0 Å². The average Bonchev–Trinajstić information content (AvgIpc) is 3.16. The van der Waals surface area contributed by atoms with E-state index in [0.29, 0.717) is 0 Å². The Hall–Kier alpha value is -2.29. The average molecular weight is 304 g/mol. The van der Waals surface area contributed by atoms with Crippen LogP contribution in [0.15, 0.2) is 48.5 Å². The molecule has 0 N–H and O–H groups in total. The second-order valence-corrected chi connectivity index (χ2v) is 7.01. The number of carbonyl (C=O) groups excluding carboxylic acids is 1. The van der Waals surface area contributed by atoms with Crippen LogP contribution in [0.1, 0.15) is 24.0 Å². The molecule has 2 atom stereocenters. The van der Waals surface area contributed by atoms with Gasteiger partial charge in [0.25, 0.3) is 0 Å². The number of amides is 1. The Balaban J connectivity index is 1.79. The van der Waals surface area contributed by atoms with Crippen molar-refractivity contribution in [1.29, 1.82) is 0 Å². The fraction of sp³-hybridized carbons (Fsp3) is 0.350. The summed E-state index contributed by atoms with van der Waals surface area (Å²) in [4.78, 5) is 17.8. The summed E-state index contributed by atoms with van der Waals surface area (Å²) in [6.07, 6.45) is 3.09. The summed E-state index contributed by atoms with van der Waals surface area (Å²) in [5, 5.41) is 0. The Bertz CT molecular complexity index is 815. The fourth-order valence-electron chi connectivity index (χ4n) is 5.09. The van der Waals surface area contributed by atoms with Crippen LogP contribution in [-0.2, 0) is 16.6 Å². The van der Waals surface area contributed by atoms with Crippen molar-refractivity contribution in [3.05, 3.63) is 59.7 Å². The van der Waals surface area contributed by atoms with Gasteiger partial charge in [-0.15, -0.1) is 0 Å². The van der Waals surface area contributed by atoms with Gasteiger partial charge in [-0.3, -0.25) is 4.79 Å². The molecule has 3 heterocycles. The van der Waals surface area contributed by atoms with Gasteiger partial charge in [0, 0.05) is 31.0 Å². The van der Waals surface area contributed by atoms with Crippen LogP contribution in [0.2, 0.25) is 0 Å². The quantitative estimate of drug-likeness (QED) is 0.746. The number of hydrogen-bond donors (Lipinski definition) is 0. The molecule has 2 aromatic carbocycles. The maximum atomic E-state index is 13.4. The molecule has 1 spiro atoms. The third-order valence-electron chi connectivity index (χ3n) is 6.02. The zero-order valence-electron chi connectivity index (χ0n) is 13.3. The van der Waals surface area contributed by atoms with Crippen molar-refractivity contribution < 1.29 is 4.79 Å². The first kappa shape index (κ1) is 13.2.